The van der Waals surface area contributed by atoms with E-state index < -0.39 is 0 Å². The maximum Gasteiger partial charge on any atom is 0.225 e. The molecule has 1 aliphatic heterocycles. The number of aliphatic imine (C=N–C) groups is 1. The van der Waals surface area contributed by atoms with Crippen molar-refractivity contribution in [2.24, 2.45) is 10.9 Å². The van der Waals surface area contributed by atoms with Crippen molar-refractivity contribution < 1.29 is 4.79 Å². The summed E-state index contributed by atoms with van der Waals surface area (Å²) in [5.41, 5.74) is 1.38. The fourth-order valence-electron chi connectivity index (χ4n) is 3.70. The molecule has 1 aromatic carbocycles. The van der Waals surface area contributed by atoms with E-state index in [4.69, 9.17) is 0 Å². The zero-order chi connectivity index (χ0) is 19.4. The van der Waals surface area contributed by atoms with Crippen LogP contribution in [0.2, 0.25) is 0 Å². The Kier molecular flexibility index (Phi) is 9.05. The number of likely N-dealkylation sites (tertiary alicyclic amines) is 1. The minimum absolute atomic E-state index is 0. The van der Waals surface area contributed by atoms with Gasteiger partial charge in [-0.2, -0.15) is 0 Å². The SMILES string of the molecule is CCN=C(NC1CCN(C(=O)C(C)C)CC1)NC1CC1c1ccc(Br)cc1.I. The van der Waals surface area contributed by atoms with Crippen LogP contribution < -0.4 is 10.6 Å². The highest BCUT2D eigenvalue weighted by atomic mass is 127. The molecule has 1 aromatic rings. The van der Waals surface area contributed by atoms with Crippen LogP contribution in [0.5, 0.6) is 0 Å². The summed E-state index contributed by atoms with van der Waals surface area (Å²) in [5.74, 6) is 1.83. The molecule has 0 spiro atoms. The second-order valence-electron chi connectivity index (χ2n) is 7.87. The molecule has 156 valence electrons. The third kappa shape index (κ3) is 6.34. The van der Waals surface area contributed by atoms with Gasteiger partial charge in [0.15, 0.2) is 5.96 Å². The van der Waals surface area contributed by atoms with E-state index in [-0.39, 0.29) is 35.8 Å². The van der Waals surface area contributed by atoms with Gasteiger partial charge in [0, 0.05) is 48.0 Å². The highest BCUT2D eigenvalue weighted by Crippen LogP contribution is 2.41. The third-order valence-corrected chi connectivity index (χ3v) is 5.90. The average molecular weight is 563 g/mol. The molecule has 2 unspecified atom stereocenters. The number of amides is 1. The number of hydrogen-bond acceptors (Lipinski definition) is 2. The molecule has 28 heavy (non-hydrogen) atoms. The molecular formula is C21H32BrIN4O. The first-order valence-corrected chi connectivity index (χ1v) is 10.9. The number of hydrogen-bond donors (Lipinski definition) is 2. The number of carbonyl (C=O) groups is 1. The molecule has 1 amide bonds. The first-order chi connectivity index (χ1) is 13.0. The molecule has 0 radical (unpaired) electrons. The van der Waals surface area contributed by atoms with Crippen LogP contribution in [0.3, 0.4) is 0 Å². The molecule has 2 aliphatic rings. The van der Waals surface area contributed by atoms with Crippen LogP contribution in [0, 0.1) is 5.92 Å². The van der Waals surface area contributed by atoms with E-state index in [0.29, 0.717) is 18.0 Å². The highest BCUT2D eigenvalue weighted by Gasteiger charge is 2.39. The predicted molar refractivity (Wildman–Crippen MR) is 129 cm³/mol. The number of piperidine rings is 1. The standard InChI is InChI=1S/C21H31BrN4O.HI/c1-4-23-21(24-17-9-11-26(12-10-17)20(27)14(2)3)25-19-13-18(19)15-5-7-16(22)8-6-15;/h5-8,14,17-19H,4,9-13H2,1-3H3,(H2,23,24,25);1H. The Morgan fingerprint density at radius 1 is 1.21 bits per heavy atom. The van der Waals surface area contributed by atoms with E-state index in [1.54, 1.807) is 0 Å². The van der Waals surface area contributed by atoms with E-state index in [0.717, 1.165) is 49.3 Å². The molecule has 1 aliphatic carbocycles. The summed E-state index contributed by atoms with van der Waals surface area (Å²) in [6, 6.07) is 9.44. The second-order valence-corrected chi connectivity index (χ2v) is 8.78. The normalized spacial score (nSPS) is 22.6. The van der Waals surface area contributed by atoms with Crippen LogP contribution in [-0.2, 0) is 4.79 Å². The largest absolute Gasteiger partial charge is 0.354 e. The Bertz CT molecular complexity index is 671. The molecule has 1 saturated heterocycles. The maximum absolute atomic E-state index is 12.1. The topological polar surface area (TPSA) is 56.7 Å². The number of halogens is 2. The van der Waals surface area contributed by atoms with Crippen LogP contribution >= 0.6 is 39.9 Å². The van der Waals surface area contributed by atoms with Crippen LogP contribution in [0.1, 0.15) is 51.5 Å². The zero-order valence-electron chi connectivity index (χ0n) is 17.0. The summed E-state index contributed by atoms with van der Waals surface area (Å²) in [4.78, 5) is 18.8. The van der Waals surface area contributed by atoms with Gasteiger partial charge in [-0.3, -0.25) is 9.79 Å². The van der Waals surface area contributed by atoms with Crippen LogP contribution in [0.25, 0.3) is 0 Å². The summed E-state index contributed by atoms with van der Waals surface area (Å²) in [5, 5.41) is 7.19. The van der Waals surface area contributed by atoms with Crippen molar-refractivity contribution in [3.63, 3.8) is 0 Å². The molecule has 5 nitrogen and oxygen atoms in total. The Balaban J connectivity index is 0.00000280. The molecule has 0 bridgehead atoms. The average Bonchev–Trinajstić information content (AvgIpc) is 3.41. The summed E-state index contributed by atoms with van der Waals surface area (Å²) >= 11 is 3.50. The Hall–Kier alpha value is -0.830. The lowest BCUT2D eigenvalue weighted by atomic mass is 10.0. The van der Waals surface area contributed by atoms with Gasteiger partial charge in [0.05, 0.1) is 0 Å². The van der Waals surface area contributed by atoms with Gasteiger partial charge in [0.25, 0.3) is 0 Å². The Morgan fingerprint density at radius 3 is 2.43 bits per heavy atom. The van der Waals surface area contributed by atoms with Gasteiger partial charge in [-0.15, -0.1) is 24.0 Å². The molecule has 1 heterocycles. The van der Waals surface area contributed by atoms with Crippen molar-refractivity contribution >= 4 is 51.8 Å². The molecule has 2 N–H and O–H groups in total. The summed E-state index contributed by atoms with van der Waals surface area (Å²) in [6.45, 7) is 8.43. The molecule has 2 atom stereocenters. The fourth-order valence-corrected chi connectivity index (χ4v) is 3.97. The van der Waals surface area contributed by atoms with E-state index in [2.05, 4.69) is 62.7 Å². The Morgan fingerprint density at radius 2 is 1.86 bits per heavy atom. The number of guanidine groups is 1. The van der Waals surface area contributed by atoms with Crippen molar-refractivity contribution in [3.05, 3.63) is 34.3 Å². The first kappa shape index (κ1) is 23.4. The highest BCUT2D eigenvalue weighted by molar-refractivity contribution is 14.0. The fraction of sp³-hybridized carbons (Fsp3) is 0.619. The van der Waals surface area contributed by atoms with Gasteiger partial charge in [-0.05, 0) is 43.9 Å². The number of nitrogens with one attached hydrogen (secondary N) is 2. The molecule has 0 aromatic heterocycles. The summed E-state index contributed by atoms with van der Waals surface area (Å²) in [6.07, 6.45) is 3.10. The van der Waals surface area contributed by atoms with Gasteiger partial charge in [-0.1, -0.05) is 41.9 Å². The van der Waals surface area contributed by atoms with E-state index in [1.807, 2.05) is 18.7 Å². The lowest BCUT2D eigenvalue weighted by molar-refractivity contribution is -0.135. The van der Waals surface area contributed by atoms with Crippen LogP contribution in [0.15, 0.2) is 33.7 Å². The van der Waals surface area contributed by atoms with Gasteiger partial charge in [-0.25, -0.2) is 0 Å². The lowest BCUT2D eigenvalue weighted by Gasteiger charge is -2.34. The smallest absolute Gasteiger partial charge is 0.225 e. The van der Waals surface area contributed by atoms with Gasteiger partial charge in [0.1, 0.15) is 0 Å². The lowest BCUT2D eigenvalue weighted by Crippen LogP contribution is -2.50. The Labute approximate surface area is 194 Å². The first-order valence-electron chi connectivity index (χ1n) is 10.1. The molecular weight excluding hydrogens is 531 g/mol. The van der Waals surface area contributed by atoms with Crippen molar-refractivity contribution in [3.8, 4) is 0 Å². The molecule has 7 heteroatoms. The van der Waals surface area contributed by atoms with E-state index in [9.17, 15) is 4.79 Å². The third-order valence-electron chi connectivity index (χ3n) is 5.37. The second kappa shape index (κ2) is 10.8. The number of nitrogens with zero attached hydrogens (tertiary/aromatic N) is 2. The van der Waals surface area contributed by atoms with Crippen molar-refractivity contribution in [1.82, 2.24) is 15.5 Å². The zero-order valence-corrected chi connectivity index (χ0v) is 20.9. The molecule has 3 rings (SSSR count). The van der Waals surface area contributed by atoms with Crippen molar-refractivity contribution in [2.75, 3.05) is 19.6 Å². The van der Waals surface area contributed by atoms with Crippen LogP contribution in [0.4, 0.5) is 0 Å². The quantitative estimate of drug-likeness (QED) is 0.322. The van der Waals surface area contributed by atoms with Gasteiger partial charge in [0.2, 0.25) is 5.91 Å². The summed E-state index contributed by atoms with van der Waals surface area (Å²) in [7, 11) is 0. The number of carbonyl (C=O) groups excluding carboxylic acids is 1. The van der Waals surface area contributed by atoms with Crippen molar-refractivity contribution in [2.45, 2.75) is 58.0 Å². The minimum atomic E-state index is 0. The maximum atomic E-state index is 12.1. The number of benzene rings is 1. The van der Waals surface area contributed by atoms with Gasteiger partial charge >= 0.3 is 0 Å². The molecule has 2 fully saturated rings. The minimum Gasteiger partial charge on any atom is -0.354 e. The predicted octanol–water partition coefficient (Wildman–Crippen LogP) is 4.13. The van der Waals surface area contributed by atoms with Gasteiger partial charge < -0.3 is 15.5 Å². The monoisotopic (exact) mass is 562 g/mol. The number of rotatable bonds is 5. The van der Waals surface area contributed by atoms with Crippen molar-refractivity contribution in [1.29, 1.82) is 0 Å². The summed E-state index contributed by atoms with van der Waals surface area (Å²) < 4.78 is 1.12. The molecule has 1 saturated carbocycles. The van der Waals surface area contributed by atoms with Crippen LogP contribution in [-0.4, -0.2) is 48.5 Å². The van der Waals surface area contributed by atoms with E-state index >= 15 is 0 Å². The van der Waals surface area contributed by atoms with E-state index in [1.165, 1.54) is 5.56 Å².